The molecule has 0 heterocycles. The third-order valence-electron chi connectivity index (χ3n) is 3.87. The largest absolute Gasteiger partial charge is 0.481 e. The van der Waals surface area contributed by atoms with Gasteiger partial charge in [-0.05, 0) is 35.4 Å². The first kappa shape index (κ1) is 15.3. The molecule has 2 heteroatoms. The predicted molar refractivity (Wildman–Crippen MR) is 85.7 cm³/mol. The summed E-state index contributed by atoms with van der Waals surface area (Å²) in [5, 5.41) is 9.48. The van der Waals surface area contributed by atoms with E-state index in [4.69, 9.17) is 0 Å². The SMILES string of the molecule is CC(C)c1ccc(C(CCc2ccccc2)C(=O)O)cc1. The number of carbonyl (C=O) groups is 1. The Labute approximate surface area is 126 Å². The van der Waals surface area contributed by atoms with Crippen molar-refractivity contribution in [3.8, 4) is 0 Å². The van der Waals surface area contributed by atoms with Gasteiger partial charge in [0.05, 0.1) is 5.92 Å². The van der Waals surface area contributed by atoms with E-state index in [1.54, 1.807) is 0 Å². The second-order valence-electron chi connectivity index (χ2n) is 5.74. The molecule has 1 N–H and O–H groups in total. The lowest BCUT2D eigenvalue weighted by Gasteiger charge is -2.14. The van der Waals surface area contributed by atoms with Gasteiger partial charge in [0, 0.05) is 0 Å². The van der Waals surface area contributed by atoms with Crippen molar-refractivity contribution in [2.24, 2.45) is 0 Å². The summed E-state index contributed by atoms with van der Waals surface area (Å²) in [6.07, 6.45) is 1.41. The van der Waals surface area contributed by atoms with Crippen molar-refractivity contribution in [3.63, 3.8) is 0 Å². The van der Waals surface area contributed by atoms with Crippen molar-refractivity contribution in [2.45, 2.75) is 38.5 Å². The maximum Gasteiger partial charge on any atom is 0.310 e. The van der Waals surface area contributed by atoms with E-state index in [-0.39, 0.29) is 0 Å². The Bertz CT molecular complexity index is 570. The minimum absolute atomic E-state index is 0.439. The molecule has 0 radical (unpaired) electrons. The Kier molecular flexibility index (Phi) is 5.15. The van der Waals surface area contributed by atoms with Crippen molar-refractivity contribution in [1.82, 2.24) is 0 Å². The fourth-order valence-corrected chi connectivity index (χ4v) is 2.50. The van der Waals surface area contributed by atoms with Crippen LogP contribution in [0.15, 0.2) is 54.6 Å². The van der Waals surface area contributed by atoms with Crippen molar-refractivity contribution in [2.75, 3.05) is 0 Å². The van der Waals surface area contributed by atoms with Crippen molar-refractivity contribution in [1.29, 1.82) is 0 Å². The Morgan fingerprint density at radius 2 is 1.52 bits per heavy atom. The summed E-state index contributed by atoms with van der Waals surface area (Å²) in [6.45, 7) is 4.28. The van der Waals surface area contributed by atoms with Crippen LogP contribution >= 0.6 is 0 Å². The Morgan fingerprint density at radius 3 is 2.05 bits per heavy atom. The summed E-state index contributed by atoms with van der Waals surface area (Å²) in [5.41, 5.74) is 3.32. The van der Waals surface area contributed by atoms with Gasteiger partial charge in [0.1, 0.15) is 0 Å². The molecule has 0 aliphatic heterocycles. The number of carboxylic acid groups (broad SMARTS) is 1. The first-order chi connectivity index (χ1) is 10.1. The molecule has 0 aliphatic carbocycles. The molecule has 2 nitrogen and oxygen atoms in total. The van der Waals surface area contributed by atoms with Crippen molar-refractivity contribution >= 4 is 5.97 Å². The van der Waals surface area contributed by atoms with E-state index in [9.17, 15) is 9.90 Å². The molecule has 0 saturated carbocycles. The third-order valence-corrected chi connectivity index (χ3v) is 3.87. The maximum absolute atomic E-state index is 11.5. The van der Waals surface area contributed by atoms with Gasteiger partial charge >= 0.3 is 5.97 Å². The summed E-state index contributed by atoms with van der Waals surface area (Å²) in [6, 6.07) is 18.0. The van der Waals surface area contributed by atoms with E-state index in [1.807, 2.05) is 54.6 Å². The fraction of sp³-hybridized carbons (Fsp3) is 0.316. The van der Waals surface area contributed by atoms with Gasteiger partial charge in [-0.1, -0.05) is 68.4 Å². The molecule has 0 aliphatic rings. The normalized spacial score (nSPS) is 12.3. The highest BCUT2D eigenvalue weighted by molar-refractivity contribution is 5.76. The molecule has 110 valence electrons. The molecule has 21 heavy (non-hydrogen) atoms. The second-order valence-corrected chi connectivity index (χ2v) is 5.74. The third kappa shape index (κ3) is 4.19. The Hall–Kier alpha value is -2.09. The van der Waals surface area contributed by atoms with Gasteiger partial charge in [0.25, 0.3) is 0 Å². The highest BCUT2D eigenvalue weighted by atomic mass is 16.4. The zero-order valence-corrected chi connectivity index (χ0v) is 12.6. The summed E-state index contributed by atoms with van der Waals surface area (Å²) >= 11 is 0. The van der Waals surface area contributed by atoms with Crippen LogP contribution in [0.1, 0.15) is 48.8 Å². The summed E-state index contributed by atoms with van der Waals surface area (Å²) in [7, 11) is 0. The zero-order valence-electron chi connectivity index (χ0n) is 12.6. The van der Waals surface area contributed by atoms with Crippen LogP contribution < -0.4 is 0 Å². The van der Waals surface area contributed by atoms with Crippen LogP contribution in [0, 0.1) is 0 Å². The van der Waals surface area contributed by atoms with Crippen LogP contribution in [0.3, 0.4) is 0 Å². The van der Waals surface area contributed by atoms with Gasteiger partial charge in [-0.15, -0.1) is 0 Å². The van der Waals surface area contributed by atoms with E-state index in [0.717, 1.165) is 12.0 Å². The number of aryl methyl sites for hydroxylation is 1. The standard InChI is InChI=1S/C19H22O2/c1-14(2)16-9-11-17(12-10-16)18(19(20)21)13-8-15-6-4-3-5-7-15/h3-7,9-12,14,18H,8,13H2,1-2H3,(H,20,21). The number of hydrogen-bond acceptors (Lipinski definition) is 1. The van der Waals surface area contributed by atoms with E-state index < -0.39 is 11.9 Å². The van der Waals surface area contributed by atoms with E-state index in [2.05, 4.69) is 13.8 Å². The molecule has 0 amide bonds. The lowest BCUT2D eigenvalue weighted by atomic mass is 9.90. The first-order valence-corrected chi connectivity index (χ1v) is 7.44. The number of benzene rings is 2. The second kappa shape index (κ2) is 7.07. The minimum atomic E-state index is -0.747. The highest BCUT2D eigenvalue weighted by Gasteiger charge is 2.19. The van der Waals surface area contributed by atoms with Crippen LogP contribution in [0.4, 0.5) is 0 Å². The molecular weight excluding hydrogens is 260 g/mol. The summed E-state index contributed by atoms with van der Waals surface area (Å²) in [5.74, 6) is -0.721. The monoisotopic (exact) mass is 282 g/mol. The number of carboxylic acids is 1. The molecule has 1 atom stereocenters. The van der Waals surface area contributed by atoms with E-state index >= 15 is 0 Å². The molecule has 0 fully saturated rings. The van der Waals surface area contributed by atoms with Gasteiger partial charge in [-0.3, -0.25) is 4.79 Å². The number of rotatable bonds is 6. The molecule has 2 aromatic carbocycles. The van der Waals surface area contributed by atoms with Crippen LogP contribution in [0.2, 0.25) is 0 Å². The Morgan fingerprint density at radius 1 is 0.952 bits per heavy atom. The quantitative estimate of drug-likeness (QED) is 0.840. The van der Waals surface area contributed by atoms with E-state index in [0.29, 0.717) is 12.3 Å². The Balaban J connectivity index is 2.10. The summed E-state index contributed by atoms with van der Waals surface area (Å²) in [4.78, 5) is 11.5. The topological polar surface area (TPSA) is 37.3 Å². The molecule has 0 spiro atoms. The first-order valence-electron chi connectivity index (χ1n) is 7.44. The van der Waals surface area contributed by atoms with Gasteiger partial charge in [0.2, 0.25) is 0 Å². The lowest BCUT2D eigenvalue weighted by Crippen LogP contribution is -2.12. The van der Waals surface area contributed by atoms with Crippen LogP contribution in [-0.4, -0.2) is 11.1 Å². The molecule has 2 aromatic rings. The fourth-order valence-electron chi connectivity index (χ4n) is 2.50. The number of aliphatic carboxylic acids is 1. The molecule has 0 saturated heterocycles. The minimum Gasteiger partial charge on any atom is -0.481 e. The van der Waals surface area contributed by atoms with Gasteiger partial charge in [-0.25, -0.2) is 0 Å². The smallest absolute Gasteiger partial charge is 0.310 e. The average molecular weight is 282 g/mol. The van der Waals surface area contributed by atoms with Gasteiger partial charge in [-0.2, -0.15) is 0 Å². The lowest BCUT2D eigenvalue weighted by molar-refractivity contribution is -0.138. The van der Waals surface area contributed by atoms with Gasteiger partial charge < -0.3 is 5.11 Å². The summed E-state index contributed by atoms with van der Waals surface area (Å²) < 4.78 is 0. The predicted octanol–water partition coefficient (Wildman–Crippen LogP) is 4.61. The molecule has 0 bridgehead atoms. The van der Waals surface area contributed by atoms with Crippen molar-refractivity contribution < 1.29 is 9.90 Å². The number of hydrogen-bond donors (Lipinski definition) is 1. The van der Waals surface area contributed by atoms with Crippen LogP contribution in [0.5, 0.6) is 0 Å². The average Bonchev–Trinajstić information content (AvgIpc) is 2.48. The van der Waals surface area contributed by atoms with Gasteiger partial charge in [0.15, 0.2) is 0 Å². The molecule has 1 unspecified atom stereocenters. The molecule has 0 aromatic heterocycles. The molecular formula is C19H22O2. The van der Waals surface area contributed by atoms with Crippen molar-refractivity contribution in [3.05, 3.63) is 71.3 Å². The van der Waals surface area contributed by atoms with Crippen LogP contribution in [0.25, 0.3) is 0 Å². The van der Waals surface area contributed by atoms with E-state index in [1.165, 1.54) is 11.1 Å². The van der Waals surface area contributed by atoms with Crippen LogP contribution in [-0.2, 0) is 11.2 Å². The maximum atomic E-state index is 11.5. The zero-order chi connectivity index (χ0) is 15.2. The highest BCUT2D eigenvalue weighted by Crippen LogP contribution is 2.24. The molecule has 2 rings (SSSR count).